The molecule has 0 saturated heterocycles. The number of carbonyl (C=O) groups excluding carboxylic acids is 1. The van der Waals surface area contributed by atoms with Crippen LogP contribution < -0.4 is 10.1 Å². The summed E-state index contributed by atoms with van der Waals surface area (Å²) >= 11 is 0. The standard InChI is InChI=1S/C22H18N2O4/c1-14-7-10-20-18(11-14)24-22(28-20)17-9-8-15(12-19(17)25)23-21(26)13-27-16-5-3-2-4-6-16/h2-12,25H,13H2,1H3,(H,23,26). The van der Waals surface area contributed by atoms with Crippen molar-refractivity contribution in [3.05, 3.63) is 72.3 Å². The molecule has 1 heterocycles. The predicted molar refractivity (Wildman–Crippen MR) is 106 cm³/mol. The molecule has 0 aliphatic rings. The Balaban J connectivity index is 1.47. The molecule has 0 saturated carbocycles. The largest absolute Gasteiger partial charge is 0.507 e. The van der Waals surface area contributed by atoms with Gasteiger partial charge in [-0.25, -0.2) is 4.98 Å². The summed E-state index contributed by atoms with van der Waals surface area (Å²) in [6.07, 6.45) is 0. The first-order valence-corrected chi connectivity index (χ1v) is 8.77. The number of amides is 1. The second-order valence-electron chi connectivity index (χ2n) is 6.37. The van der Waals surface area contributed by atoms with Gasteiger partial charge in [0.15, 0.2) is 12.2 Å². The number of hydrogen-bond acceptors (Lipinski definition) is 5. The Kier molecular flexibility index (Phi) is 4.68. The summed E-state index contributed by atoms with van der Waals surface area (Å²) in [4.78, 5) is 16.5. The summed E-state index contributed by atoms with van der Waals surface area (Å²) in [5.74, 6) is 0.573. The van der Waals surface area contributed by atoms with Crippen LogP contribution in [0.2, 0.25) is 0 Å². The van der Waals surface area contributed by atoms with Crippen molar-refractivity contribution in [1.29, 1.82) is 0 Å². The fraction of sp³-hybridized carbons (Fsp3) is 0.0909. The van der Waals surface area contributed by atoms with Crippen LogP contribution in [0, 0.1) is 6.92 Å². The van der Waals surface area contributed by atoms with Gasteiger partial charge in [0, 0.05) is 11.8 Å². The van der Waals surface area contributed by atoms with Crippen molar-refractivity contribution in [2.75, 3.05) is 11.9 Å². The number of aromatic nitrogens is 1. The molecule has 0 spiro atoms. The number of benzene rings is 3. The van der Waals surface area contributed by atoms with E-state index in [4.69, 9.17) is 9.15 Å². The molecule has 0 fully saturated rings. The maximum Gasteiger partial charge on any atom is 0.262 e. The number of aryl methyl sites for hydroxylation is 1. The third kappa shape index (κ3) is 3.81. The molecule has 0 aliphatic heterocycles. The Hall–Kier alpha value is -3.80. The molecular weight excluding hydrogens is 356 g/mol. The van der Waals surface area contributed by atoms with Crippen LogP contribution in [0.15, 0.2) is 71.1 Å². The smallest absolute Gasteiger partial charge is 0.262 e. The van der Waals surface area contributed by atoms with Crippen LogP contribution in [-0.2, 0) is 4.79 Å². The van der Waals surface area contributed by atoms with Gasteiger partial charge in [-0.15, -0.1) is 0 Å². The molecule has 4 aromatic rings. The second kappa shape index (κ2) is 7.44. The fourth-order valence-electron chi connectivity index (χ4n) is 2.81. The summed E-state index contributed by atoms with van der Waals surface area (Å²) in [5.41, 5.74) is 3.36. The molecule has 6 heteroatoms. The molecule has 6 nitrogen and oxygen atoms in total. The van der Waals surface area contributed by atoms with E-state index < -0.39 is 0 Å². The van der Waals surface area contributed by atoms with E-state index in [1.54, 1.807) is 24.3 Å². The maximum atomic E-state index is 12.1. The molecule has 140 valence electrons. The quantitative estimate of drug-likeness (QED) is 0.536. The number of para-hydroxylation sites is 1. The molecule has 0 unspecified atom stereocenters. The summed E-state index contributed by atoms with van der Waals surface area (Å²) in [7, 11) is 0. The Morgan fingerprint density at radius 3 is 2.71 bits per heavy atom. The minimum absolute atomic E-state index is 0.0370. The summed E-state index contributed by atoms with van der Waals surface area (Å²) in [6, 6.07) is 19.6. The van der Waals surface area contributed by atoms with Gasteiger partial charge in [0.2, 0.25) is 5.89 Å². The Morgan fingerprint density at radius 1 is 1.11 bits per heavy atom. The first-order valence-electron chi connectivity index (χ1n) is 8.77. The third-order valence-electron chi connectivity index (χ3n) is 4.17. The molecular formula is C22H18N2O4. The van der Waals surface area contributed by atoms with Gasteiger partial charge in [0.05, 0.1) is 5.56 Å². The lowest BCUT2D eigenvalue weighted by atomic mass is 10.2. The molecule has 1 aromatic heterocycles. The Bertz CT molecular complexity index is 1140. The average Bonchev–Trinajstić information content (AvgIpc) is 3.10. The van der Waals surface area contributed by atoms with Gasteiger partial charge in [-0.3, -0.25) is 4.79 Å². The predicted octanol–water partition coefficient (Wildman–Crippen LogP) is 4.53. The zero-order valence-corrected chi connectivity index (χ0v) is 15.2. The van der Waals surface area contributed by atoms with Gasteiger partial charge in [0.1, 0.15) is 17.0 Å². The minimum Gasteiger partial charge on any atom is -0.507 e. The number of phenolic OH excluding ortho intramolecular Hbond substituents is 1. The van der Waals surface area contributed by atoms with Crippen LogP contribution in [-0.4, -0.2) is 22.6 Å². The molecule has 0 atom stereocenters. The van der Waals surface area contributed by atoms with E-state index >= 15 is 0 Å². The van der Waals surface area contributed by atoms with Crippen LogP contribution in [0.5, 0.6) is 11.5 Å². The number of fused-ring (bicyclic) bond motifs is 1. The molecule has 28 heavy (non-hydrogen) atoms. The van der Waals surface area contributed by atoms with Crippen molar-refractivity contribution in [3.8, 4) is 23.0 Å². The van der Waals surface area contributed by atoms with Gasteiger partial charge in [0.25, 0.3) is 5.91 Å². The summed E-state index contributed by atoms with van der Waals surface area (Å²) < 4.78 is 11.1. The number of hydrogen-bond donors (Lipinski definition) is 2. The molecule has 1 amide bonds. The van der Waals surface area contributed by atoms with Gasteiger partial charge < -0.3 is 19.6 Å². The second-order valence-corrected chi connectivity index (χ2v) is 6.37. The molecule has 4 rings (SSSR count). The number of phenols is 1. The highest BCUT2D eigenvalue weighted by Gasteiger charge is 2.14. The lowest BCUT2D eigenvalue weighted by Gasteiger charge is -2.08. The van der Waals surface area contributed by atoms with Gasteiger partial charge in [-0.05, 0) is 48.9 Å². The van der Waals surface area contributed by atoms with Gasteiger partial charge in [-0.2, -0.15) is 0 Å². The molecule has 2 N–H and O–H groups in total. The number of anilines is 1. The first-order chi connectivity index (χ1) is 13.6. The van der Waals surface area contributed by atoms with E-state index in [-0.39, 0.29) is 18.3 Å². The van der Waals surface area contributed by atoms with Crippen LogP contribution in [0.1, 0.15) is 5.56 Å². The lowest BCUT2D eigenvalue weighted by molar-refractivity contribution is -0.118. The van der Waals surface area contributed by atoms with E-state index in [1.807, 2.05) is 43.3 Å². The summed E-state index contributed by atoms with van der Waals surface area (Å²) in [6.45, 7) is 1.85. The number of rotatable bonds is 5. The Labute approximate surface area is 161 Å². The van der Waals surface area contributed by atoms with Crippen LogP contribution in [0.4, 0.5) is 5.69 Å². The SMILES string of the molecule is Cc1ccc2oc(-c3ccc(NC(=O)COc4ccccc4)cc3O)nc2c1. The number of nitrogens with one attached hydrogen (secondary N) is 1. The Morgan fingerprint density at radius 2 is 1.93 bits per heavy atom. The normalized spacial score (nSPS) is 10.8. The maximum absolute atomic E-state index is 12.1. The number of nitrogens with zero attached hydrogens (tertiary/aromatic N) is 1. The van der Waals surface area contributed by atoms with Crippen molar-refractivity contribution in [3.63, 3.8) is 0 Å². The highest BCUT2D eigenvalue weighted by atomic mass is 16.5. The number of aromatic hydroxyl groups is 1. The number of ether oxygens (including phenoxy) is 1. The van der Waals surface area contributed by atoms with E-state index in [0.29, 0.717) is 28.5 Å². The van der Waals surface area contributed by atoms with E-state index in [2.05, 4.69) is 10.3 Å². The molecule has 0 radical (unpaired) electrons. The molecule has 0 aliphatic carbocycles. The van der Waals surface area contributed by atoms with Crippen molar-refractivity contribution >= 4 is 22.7 Å². The monoisotopic (exact) mass is 374 g/mol. The van der Waals surface area contributed by atoms with Crippen LogP contribution >= 0.6 is 0 Å². The average molecular weight is 374 g/mol. The van der Waals surface area contributed by atoms with Crippen molar-refractivity contribution < 1.29 is 19.1 Å². The van der Waals surface area contributed by atoms with Crippen molar-refractivity contribution in [2.24, 2.45) is 0 Å². The number of oxazole rings is 1. The lowest BCUT2D eigenvalue weighted by Crippen LogP contribution is -2.20. The zero-order valence-electron chi connectivity index (χ0n) is 15.2. The van der Waals surface area contributed by atoms with Crippen LogP contribution in [0.3, 0.4) is 0 Å². The zero-order chi connectivity index (χ0) is 19.5. The molecule has 0 bridgehead atoms. The van der Waals surface area contributed by atoms with E-state index in [9.17, 15) is 9.90 Å². The summed E-state index contributed by atoms with van der Waals surface area (Å²) in [5, 5.41) is 13.1. The third-order valence-corrected chi connectivity index (χ3v) is 4.17. The van der Waals surface area contributed by atoms with Crippen molar-refractivity contribution in [1.82, 2.24) is 4.98 Å². The van der Waals surface area contributed by atoms with Crippen molar-refractivity contribution in [2.45, 2.75) is 6.92 Å². The molecule has 3 aromatic carbocycles. The first kappa shape index (κ1) is 17.6. The minimum atomic E-state index is -0.326. The number of carbonyl (C=O) groups is 1. The van der Waals surface area contributed by atoms with Gasteiger partial charge in [-0.1, -0.05) is 24.3 Å². The topological polar surface area (TPSA) is 84.6 Å². The van der Waals surface area contributed by atoms with E-state index in [0.717, 1.165) is 11.1 Å². The fourth-order valence-corrected chi connectivity index (χ4v) is 2.81. The highest BCUT2D eigenvalue weighted by Crippen LogP contribution is 2.33. The van der Waals surface area contributed by atoms with Gasteiger partial charge >= 0.3 is 0 Å². The van der Waals surface area contributed by atoms with E-state index in [1.165, 1.54) is 6.07 Å². The van der Waals surface area contributed by atoms with Crippen LogP contribution in [0.25, 0.3) is 22.6 Å². The highest BCUT2D eigenvalue weighted by molar-refractivity contribution is 5.92.